The third kappa shape index (κ3) is 2.09. The Balaban J connectivity index is 2.02. The zero-order valence-electron chi connectivity index (χ0n) is 9.01. The van der Waals surface area contributed by atoms with Crippen LogP contribution >= 0.6 is 0 Å². The molecule has 2 rings (SSSR count). The first kappa shape index (κ1) is 11.1. The second-order valence-corrected chi connectivity index (χ2v) is 4.17. The van der Waals surface area contributed by atoms with Crippen LogP contribution in [0.25, 0.3) is 0 Å². The predicted octanol–water partition coefficient (Wildman–Crippen LogP) is 0.0297. The first-order valence-electron chi connectivity index (χ1n) is 5.25. The van der Waals surface area contributed by atoms with Crippen molar-refractivity contribution >= 4 is 11.9 Å². The quantitative estimate of drug-likeness (QED) is 0.531. The summed E-state index contributed by atoms with van der Waals surface area (Å²) < 4.78 is 9.84. The zero-order valence-corrected chi connectivity index (χ0v) is 9.01. The van der Waals surface area contributed by atoms with Crippen LogP contribution in [0.2, 0.25) is 0 Å². The fraction of sp³-hybridized carbons (Fsp3) is 0.636. The molecule has 88 valence electrons. The maximum atomic E-state index is 11.1. The van der Waals surface area contributed by atoms with E-state index < -0.39 is 6.10 Å². The molecule has 0 bridgehead atoms. The Morgan fingerprint density at radius 1 is 1.69 bits per heavy atom. The molecule has 5 nitrogen and oxygen atoms in total. The molecule has 0 saturated carbocycles. The topological polar surface area (TPSA) is 72.8 Å². The van der Waals surface area contributed by atoms with Gasteiger partial charge in [-0.25, -0.2) is 0 Å². The molecule has 0 spiro atoms. The van der Waals surface area contributed by atoms with Gasteiger partial charge < -0.3 is 14.6 Å². The molecule has 1 saturated heterocycles. The van der Waals surface area contributed by atoms with Gasteiger partial charge in [-0.15, -0.1) is 0 Å². The molecular formula is C11H14O5. The van der Waals surface area contributed by atoms with Crippen molar-refractivity contribution in [2.45, 2.75) is 19.4 Å². The molecule has 1 heterocycles. The van der Waals surface area contributed by atoms with E-state index in [1.54, 1.807) is 6.08 Å². The number of ether oxygens (including phenoxy) is 2. The summed E-state index contributed by atoms with van der Waals surface area (Å²) in [4.78, 5) is 21.8. The molecular weight excluding hydrogens is 212 g/mol. The first-order valence-corrected chi connectivity index (χ1v) is 5.25. The summed E-state index contributed by atoms with van der Waals surface area (Å²) in [6, 6.07) is 0. The standard InChI is InChI=1S/C11H14O5/c1-6(12)15-4-7-2-10(13)8-3-11(14)16-5-9(7)8/h2,8-10,13H,3-5H2,1H3/t8-,9-,10+/m1/s1. The van der Waals surface area contributed by atoms with Gasteiger partial charge in [-0.2, -0.15) is 0 Å². The van der Waals surface area contributed by atoms with Gasteiger partial charge in [0.25, 0.3) is 0 Å². The van der Waals surface area contributed by atoms with E-state index in [9.17, 15) is 14.7 Å². The molecule has 0 aromatic rings. The molecule has 3 atom stereocenters. The number of fused-ring (bicyclic) bond motifs is 1. The van der Waals surface area contributed by atoms with Crippen molar-refractivity contribution in [1.82, 2.24) is 0 Å². The Kier molecular flexibility index (Phi) is 2.96. The molecule has 0 radical (unpaired) electrons. The van der Waals surface area contributed by atoms with E-state index >= 15 is 0 Å². The van der Waals surface area contributed by atoms with Gasteiger partial charge in [-0.3, -0.25) is 9.59 Å². The van der Waals surface area contributed by atoms with E-state index in [4.69, 9.17) is 9.47 Å². The molecule has 1 N–H and O–H groups in total. The van der Waals surface area contributed by atoms with Crippen molar-refractivity contribution in [2.24, 2.45) is 11.8 Å². The van der Waals surface area contributed by atoms with E-state index in [1.165, 1.54) is 6.92 Å². The van der Waals surface area contributed by atoms with E-state index in [1.807, 2.05) is 0 Å². The summed E-state index contributed by atoms with van der Waals surface area (Å²) in [5, 5.41) is 9.75. The highest BCUT2D eigenvalue weighted by Gasteiger charge is 2.41. The molecule has 0 unspecified atom stereocenters. The van der Waals surface area contributed by atoms with Gasteiger partial charge in [0, 0.05) is 18.8 Å². The van der Waals surface area contributed by atoms with Gasteiger partial charge in [-0.1, -0.05) is 6.08 Å². The molecule has 16 heavy (non-hydrogen) atoms. The monoisotopic (exact) mass is 226 g/mol. The number of cyclic esters (lactones) is 1. The second kappa shape index (κ2) is 4.25. The number of hydrogen-bond acceptors (Lipinski definition) is 5. The van der Waals surface area contributed by atoms with Gasteiger partial charge in [0.05, 0.1) is 19.1 Å². The van der Waals surface area contributed by atoms with E-state index in [2.05, 4.69) is 0 Å². The van der Waals surface area contributed by atoms with E-state index in [0.717, 1.165) is 5.57 Å². The highest BCUT2D eigenvalue weighted by atomic mass is 16.5. The van der Waals surface area contributed by atoms with E-state index in [0.29, 0.717) is 0 Å². The lowest BCUT2D eigenvalue weighted by Gasteiger charge is -2.28. The number of carbonyl (C=O) groups is 2. The summed E-state index contributed by atoms with van der Waals surface area (Å²) >= 11 is 0. The Labute approximate surface area is 93.0 Å². The van der Waals surface area contributed by atoms with Crippen molar-refractivity contribution in [2.75, 3.05) is 13.2 Å². The fourth-order valence-corrected chi connectivity index (χ4v) is 2.25. The van der Waals surface area contributed by atoms with Crippen LogP contribution in [0.3, 0.4) is 0 Å². The smallest absolute Gasteiger partial charge is 0.306 e. The number of aliphatic hydroxyl groups excluding tert-OH is 1. The molecule has 2 aliphatic rings. The first-order chi connectivity index (χ1) is 7.58. The van der Waals surface area contributed by atoms with Crippen LogP contribution < -0.4 is 0 Å². The lowest BCUT2D eigenvalue weighted by atomic mass is 9.86. The Morgan fingerprint density at radius 3 is 3.12 bits per heavy atom. The summed E-state index contributed by atoms with van der Waals surface area (Å²) in [5.41, 5.74) is 0.847. The molecule has 0 aromatic heterocycles. The van der Waals surface area contributed by atoms with Crippen molar-refractivity contribution < 1.29 is 24.2 Å². The minimum atomic E-state index is -0.636. The lowest BCUT2D eigenvalue weighted by Crippen LogP contribution is -2.34. The van der Waals surface area contributed by atoms with Gasteiger partial charge in [0.2, 0.25) is 0 Å². The van der Waals surface area contributed by atoms with Crippen LogP contribution in [0.1, 0.15) is 13.3 Å². The summed E-state index contributed by atoms with van der Waals surface area (Å²) in [7, 11) is 0. The highest BCUT2D eigenvalue weighted by Crippen LogP contribution is 2.37. The average molecular weight is 226 g/mol. The van der Waals surface area contributed by atoms with Crippen LogP contribution in [-0.4, -0.2) is 36.4 Å². The van der Waals surface area contributed by atoms with Gasteiger partial charge in [0.15, 0.2) is 0 Å². The minimum absolute atomic E-state index is 0.00736. The van der Waals surface area contributed by atoms with Crippen molar-refractivity contribution in [3.8, 4) is 0 Å². The third-order valence-electron chi connectivity index (χ3n) is 3.08. The number of esters is 2. The Morgan fingerprint density at radius 2 is 2.44 bits per heavy atom. The summed E-state index contributed by atoms with van der Waals surface area (Å²) in [5.74, 6) is -0.757. The lowest BCUT2D eigenvalue weighted by molar-refractivity contribution is -0.154. The fourth-order valence-electron chi connectivity index (χ4n) is 2.25. The van der Waals surface area contributed by atoms with Crippen LogP contribution in [0.15, 0.2) is 11.6 Å². The van der Waals surface area contributed by atoms with Gasteiger partial charge in [0.1, 0.15) is 6.61 Å². The van der Waals surface area contributed by atoms with Crippen LogP contribution in [-0.2, 0) is 19.1 Å². The normalized spacial score (nSPS) is 32.8. The van der Waals surface area contributed by atoms with Gasteiger partial charge >= 0.3 is 11.9 Å². The van der Waals surface area contributed by atoms with Crippen molar-refractivity contribution in [1.29, 1.82) is 0 Å². The van der Waals surface area contributed by atoms with Crippen LogP contribution in [0.4, 0.5) is 0 Å². The molecule has 1 aliphatic carbocycles. The summed E-state index contributed by atoms with van der Waals surface area (Å²) in [6.45, 7) is 1.78. The average Bonchev–Trinajstić information content (AvgIpc) is 2.53. The molecule has 0 amide bonds. The second-order valence-electron chi connectivity index (χ2n) is 4.17. The predicted molar refractivity (Wildman–Crippen MR) is 53.3 cm³/mol. The number of hydrogen-bond donors (Lipinski definition) is 1. The minimum Gasteiger partial charge on any atom is -0.465 e. The number of aliphatic hydroxyl groups is 1. The molecule has 1 aliphatic heterocycles. The van der Waals surface area contributed by atoms with Crippen molar-refractivity contribution in [3.05, 3.63) is 11.6 Å². The van der Waals surface area contributed by atoms with Crippen molar-refractivity contribution in [3.63, 3.8) is 0 Å². The Hall–Kier alpha value is -1.36. The molecule has 0 aromatic carbocycles. The SMILES string of the molecule is CC(=O)OCC1=C[C@H](O)[C@@H]2CC(=O)OC[C@H]12. The maximum Gasteiger partial charge on any atom is 0.306 e. The molecule has 5 heteroatoms. The largest absolute Gasteiger partial charge is 0.465 e. The number of carbonyl (C=O) groups excluding carboxylic acids is 2. The van der Waals surface area contributed by atoms with Gasteiger partial charge in [-0.05, 0) is 5.57 Å². The van der Waals surface area contributed by atoms with Crippen LogP contribution in [0.5, 0.6) is 0 Å². The Bertz CT molecular complexity index is 346. The number of rotatable bonds is 2. The van der Waals surface area contributed by atoms with Crippen LogP contribution in [0, 0.1) is 11.8 Å². The van der Waals surface area contributed by atoms with E-state index in [-0.39, 0.29) is 43.4 Å². The third-order valence-corrected chi connectivity index (χ3v) is 3.08. The zero-order chi connectivity index (χ0) is 11.7. The summed E-state index contributed by atoms with van der Waals surface area (Å²) in [6.07, 6.45) is 1.26. The highest BCUT2D eigenvalue weighted by molar-refractivity contribution is 5.71. The maximum absolute atomic E-state index is 11.1. The molecule has 1 fully saturated rings.